The van der Waals surface area contributed by atoms with Gasteiger partial charge in [0, 0.05) is 19.1 Å². The Bertz CT molecular complexity index is 146. The molecule has 3 heteroatoms. The quantitative estimate of drug-likeness (QED) is 0.690. The SMILES string of the molecule is CNCC(O)CN(C)C1CCCCC1. The summed E-state index contributed by atoms with van der Waals surface area (Å²) in [5, 5.41) is 12.6. The van der Waals surface area contributed by atoms with Gasteiger partial charge in [-0.25, -0.2) is 0 Å². The van der Waals surface area contributed by atoms with Gasteiger partial charge in [0.25, 0.3) is 0 Å². The molecule has 0 aromatic heterocycles. The third-order valence-electron chi connectivity index (χ3n) is 3.14. The minimum absolute atomic E-state index is 0.230. The molecule has 0 spiro atoms. The Morgan fingerprint density at radius 2 is 2.00 bits per heavy atom. The highest BCUT2D eigenvalue weighted by Crippen LogP contribution is 2.21. The van der Waals surface area contributed by atoms with E-state index in [-0.39, 0.29) is 6.10 Å². The van der Waals surface area contributed by atoms with Crippen molar-refractivity contribution < 1.29 is 5.11 Å². The summed E-state index contributed by atoms with van der Waals surface area (Å²) in [6.07, 6.45) is 6.50. The minimum Gasteiger partial charge on any atom is -0.390 e. The normalized spacial score (nSPS) is 21.4. The largest absolute Gasteiger partial charge is 0.390 e. The molecule has 0 aliphatic heterocycles. The van der Waals surface area contributed by atoms with E-state index < -0.39 is 0 Å². The second-order valence-corrected chi connectivity index (χ2v) is 4.44. The third kappa shape index (κ3) is 3.95. The maximum atomic E-state index is 9.65. The topological polar surface area (TPSA) is 35.5 Å². The van der Waals surface area contributed by atoms with E-state index in [9.17, 15) is 5.11 Å². The maximum Gasteiger partial charge on any atom is 0.0791 e. The van der Waals surface area contributed by atoms with E-state index >= 15 is 0 Å². The Hall–Kier alpha value is -0.120. The highest BCUT2D eigenvalue weighted by atomic mass is 16.3. The fourth-order valence-electron chi connectivity index (χ4n) is 2.30. The molecule has 1 rings (SSSR count). The number of nitrogens with zero attached hydrogens (tertiary/aromatic N) is 1. The van der Waals surface area contributed by atoms with Gasteiger partial charge in [-0.3, -0.25) is 0 Å². The lowest BCUT2D eigenvalue weighted by Crippen LogP contribution is -2.41. The van der Waals surface area contributed by atoms with Crippen LogP contribution in [0.3, 0.4) is 0 Å². The summed E-state index contributed by atoms with van der Waals surface area (Å²) >= 11 is 0. The molecule has 84 valence electrons. The van der Waals surface area contributed by atoms with Crippen LogP contribution in [0.15, 0.2) is 0 Å². The van der Waals surface area contributed by atoms with Gasteiger partial charge >= 0.3 is 0 Å². The van der Waals surface area contributed by atoms with E-state index in [2.05, 4.69) is 17.3 Å². The van der Waals surface area contributed by atoms with Crippen LogP contribution in [0, 0.1) is 0 Å². The van der Waals surface area contributed by atoms with E-state index in [4.69, 9.17) is 0 Å². The molecule has 1 saturated carbocycles. The molecule has 0 bridgehead atoms. The molecule has 1 unspecified atom stereocenters. The highest BCUT2D eigenvalue weighted by molar-refractivity contribution is 4.75. The van der Waals surface area contributed by atoms with Crippen LogP contribution in [0.4, 0.5) is 0 Å². The van der Waals surface area contributed by atoms with E-state index in [1.54, 1.807) is 0 Å². The fraction of sp³-hybridized carbons (Fsp3) is 1.00. The molecule has 1 atom stereocenters. The number of aliphatic hydroxyl groups excluding tert-OH is 1. The lowest BCUT2D eigenvalue weighted by molar-refractivity contribution is 0.0920. The lowest BCUT2D eigenvalue weighted by atomic mass is 9.94. The molecule has 0 heterocycles. The van der Waals surface area contributed by atoms with Crippen molar-refractivity contribution in [1.82, 2.24) is 10.2 Å². The molecule has 2 N–H and O–H groups in total. The van der Waals surface area contributed by atoms with Crippen molar-refractivity contribution in [3.8, 4) is 0 Å². The Morgan fingerprint density at radius 3 is 2.57 bits per heavy atom. The van der Waals surface area contributed by atoms with E-state index in [0.29, 0.717) is 12.6 Å². The lowest BCUT2D eigenvalue weighted by Gasteiger charge is -2.32. The Balaban J connectivity index is 2.21. The predicted molar refractivity (Wildman–Crippen MR) is 59.4 cm³/mol. The molecule has 14 heavy (non-hydrogen) atoms. The number of hydrogen-bond donors (Lipinski definition) is 2. The monoisotopic (exact) mass is 200 g/mol. The summed E-state index contributed by atoms with van der Waals surface area (Å²) in [6, 6.07) is 0.704. The molecule has 0 saturated heterocycles. The van der Waals surface area contributed by atoms with Crippen molar-refractivity contribution in [2.24, 2.45) is 0 Å². The van der Waals surface area contributed by atoms with Crippen molar-refractivity contribution in [2.75, 3.05) is 27.2 Å². The van der Waals surface area contributed by atoms with Gasteiger partial charge in [-0.15, -0.1) is 0 Å². The van der Waals surface area contributed by atoms with Crippen LogP contribution in [-0.4, -0.2) is 49.3 Å². The molecule has 0 amide bonds. The van der Waals surface area contributed by atoms with Gasteiger partial charge in [0.1, 0.15) is 0 Å². The van der Waals surface area contributed by atoms with Crippen LogP contribution in [0.5, 0.6) is 0 Å². The summed E-state index contributed by atoms with van der Waals surface area (Å²) in [4.78, 5) is 2.32. The molecule has 0 aromatic rings. The van der Waals surface area contributed by atoms with Crippen LogP contribution in [-0.2, 0) is 0 Å². The summed E-state index contributed by atoms with van der Waals surface area (Å²) in [5.41, 5.74) is 0. The highest BCUT2D eigenvalue weighted by Gasteiger charge is 2.19. The average molecular weight is 200 g/mol. The van der Waals surface area contributed by atoms with Crippen molar-refractivity contribution in [2.45, 2.75) is 44.2 Å². The Kier molecular flexibility index (Phi) is 5.45. The van der Waals surface area contributed by atoms with Crippen molar-refractivity contribution in [3.05, 3.63) is 0 Å². The summed E-state index contributed by atoms with van der Waals surface area (Å²) < 4.78 is 0. The average Bonchev–Trinajstić information content (AvgIpc) is 2.19. The zero-order valence-corrected chi connectivity index (χ0v) is 9.50. The number of nitrogens with one attached hydrogen (secondary N) is 1. The number of aliphatic hydroxyl groups is 1. The van der Waals surface area contributed by atoms with E-state index in [1.165, 1.54) is 32.1 Å². The van der Waals surface area contributed by atoms with Crippen molar-refractivity contribution >= 4 is 0 Å². The minimum atomic E-state index is -0.230. The van der Waals surface area contributed by atoms with Gasteiger partial charge in [0.05, 0.1) is 6.10 Å². The van der Waals surface area contributed by atoms with Crippen molar-refractivity contribution in [1.29, 1.82) is 0 Å². The second kappa shape index (κ2) is 6.38. The van der Waals surface area contributed by atoms with Gasteiger partial charge in [-0.05, 0) is 26.9 Å². The van der Waals surface area contributed by atoms with Gasteiger partial charge in [0.15, 0.2) is 0 Å². The summed E-state index contributed by atoms with van der Waals surface area (Å²) in [6.45, 7) is 1.49. The van der Waals surface area contributed by atoms with Gasteiger partial charge in [0.2, 0.25) is 0 Å². The first-order chi connectivity index (χ1) is 6.74. The van der Waals surface area contributed by atoms with Gasteiger partial charge in [-0.1, -0.05) is 19.3 Å². The first-order valence-electron chi connectivity index (χ1n) is 5.77. The zero-order valence-electron chi connectivity index (χ0n) is 9.50. The third-order valence-corrected chi connectivity index (χ3v) is 3.14. The second-order valence-electron chi connectivity index (χ2n) is 4.44. The number of hydrogen-bond acceptors (Lipinski definition) is 3. The standard InChI is InChI=1S/C11H24N2O/c1-12-8-11(14)9-13(2)10-6-4-3-5-7-10/h10-12,14H,3-9H2,1-2H3. The molecule has 0 radical (unpaired) electrons. The molecule has 0 aromatic carbocycles. The maximum absolute atomic E-state index is 9.65. The Morgan fingerprint density at radius 1 is 1.36 bits per heavy atom. The molecule has 1 aliphatic rings. The smallest absolute Gasteiger partial charge is 0.0791 e. The summed E-state index contributed by atoms with van der Waals surface area (Å²) in [7, 11) is 4.01. The number of likely N-dealkylation sites (N-methyl/N-ethyl adjacent to an activating group) is 2. The van der Waals surface area contributed by atoms with E-state index in [1.807, 2.05) is 7.05 Å². The van der Waals surface area contributed by atoms with Crippen LogP contribution >= 0.6 is 0 Å². The zero-order chi connectivity index (χ0) is 10.4. The van der Waals surface area contributed by atoms with Gasteiger partial charge < -0.3 is 15.3 Å². The fourth-order valence-corrected chi connectivity index (χ4v) is 2.30. The van der Waals surface area contributed by atoms with Crippen LogP contribution in [0.2, 0.25) is 0 Å². The first-order valence-corrected chi connectivity index (χ1v) is 5.77. The number of rotatable bonds is 5. The molecule has 3 nitrogen and oxygen atoms in total. The molecular formula is C11H24N2O. The Labute approximate surface area is 87.5 Å². The van der Waals surface area contributed by atoms with Crippen molar-refractivity contribution in [3.63, 3.8) is 0 Å². The molecule has 1 fully saturated rings. The van der Waals surface area contributed by atoms with Crippen LogP contribution < -0.4 is 5.32 Å². The van der Waals surface area contributed by atoms with E-state index in [0.717, 1.165) is 6.54 Å². The van der Waals surface area contributed by atoms with Crippen LogP contribution in [0.25, 0.3) is 0 Å². The van der Waals surface area contributed by atoms with Crippen LogP contribution in [0.1, 0.15) is 32.1 Å². The summed E-state index contributed by atoms with van der Waals surface area (Å²) in [5.74, 6) is 0. The van der Waals surface area contributed by atoms with Gasteiger partial charge in [-0.2, -0.15) is 0 Å². The predicted octanol–water partition coefficient (Wildman–Crippen LogP) is 0.831. The molecular weight excluding hydrogens is 176 g/mol. The molecule has 1 aliphatic carbocycles. The first kappa shape index (κ1) is 12.0.